The highest BCUT2D eigenvalue weighted by Gasteiger charge is 2.04. The third-order valence-corrected chi connectivity index (χ3v) is 3.20. The smallest absolute Gasteiger partial charge is 0.238 e. The second-order valence-corrected chi connectivity index (χ2v) is 5.31. The fourth-order valence-electron chi connectivity index (χ4n) is 1.66. The number of halogens is 1. The van der Waals surface area contributed by atoms with Gasteiger partial charge in [-0.05, 0) is 43.7 Å². The van der Waals surface area contributed by atoms with Crippen molar-refractivity contribution >= 4 is 27.5 Å². The van der Waals surface area contributed by atoms with E-state index in [1.54, 1.807) is 0 Å². The summed E-state index contributed by atoms with van der Waals surface area (Å²) >= 11 is 3.40. The summed E-state index contributed by atoms with van der Waals surface area (Å²) in [7, 11) is 0. The monoisotopic (exact) mass is 312 g/mol. The fourth-order valence-corrected chi connectivity index (χ4v) is 2.14. The average molecular weight is 313 g/mol. The number of nitrogens with one attached hydrogen (secondary N) is 2. The minimum Gasteiger partial charge on any atom is -0.325 e. The van der Waals surface area contributed by atoms with Crippen LogP contribution in [0.15, 0.2) is 22.7 Å². The lowest BCUT2D eigenvalue weighted by Gasteiger charge is -2.09. The maximum atomic E-state index is 11.7. The number of amides is 1. The molecule has 0 aliphatic carbocycles. The van der Waals surface area contributed by atoms with E-state index in [-0.39, 0.29) is 5.91 Å². The summed E-state index contributed by atoms with van der Waals surface area (Å²) in [5, 5.41) is 6.06. The highest BCUT2D eigenvalue weighted by molar-refractivity contribution is 9.10. The lowest BCUT2D eigenvalue weighted by atomic mass is 10.2. The van der Waals surface area contributed by atoms with Crippen LogP contribution in [0, 0.1) is 6.92 Å². The van der Waals surface area contributed by atoms with Crippen LogP contribution in [0.3, 0.4) is 0 Å². The molecule has 0 saturated carbocycles. The SMILES string of the molecule is CCCCCNCC(=O)Nc1ccc(Br)cc1C. The number of unbranched alkanes of at least 4 members (excludes halogenated alkanes) is 2. The Morgan fingerprint density at radius 1 is 1.33 bits per heavy atom. The van der Waals surface area contributed by atoms with Gasteiger partial charge in [-0.2, -0.15) is 0 Å². The second kappa shape index (κ2) is 8.27. The van der Waals surface area contributed by atoms with E-state index in [0.717, 1.165) is 28.7 Å². The van der Waals surface area contributed by atoms with Crippen LogP contribution in [0.5, 0.6) is 0 Å². The second-order valence-electron chi connectivity index (χ2n) is 4.39. The molecule has 18 heavy (non-hydrogen) atoms. The van der Waals surface area contributed by atoms with E-state index >= 15 is 0 Å². The molecule has 0 atom stereocenters. The largest absolute Gasteiger partial charge is 0.325 e. The van der Waals surface area contributed by atoms with Gasteiger partial charge in [-0.25, -0.2) is 0 Å². The van der Waals surface area contributed by atoms with Gasteiger partial charge in [-0.3, -0.25) is 4.79 Å². The highest BCUT2D eigenvalue weighted by Crippen LogP contribution is 2.19. The topological polar surface area (TPSA) is 41.1 Å². The molecular formula is C14H21BrN2O. The molecule has 4 heteroatoms. The zero-order valence-corrected chi connectivity index (χ0v) is 12.6. The van der Waals surface area contributed by atoms with Crippen LogP contribution in [0.1, 0.15) is 31.7 Å². The summed E-state index contributed by atoms with van der Waals surface area (Å²) in [6, 6.07) is 5.83. The molecule has 3 nitrogen and oxygen atoms in total. The Balaban J connectivity index is 2.31. The number of carbonyl (C=O) groups excluding carboxylic acids is 1. The van der Waals surface area contributed by atoms with Gasteiger partial charge in [0.25, 0.3) is 0 Å². The summed E-state index contributed by atoms with van der Waals surface area (Å²) in [4.78, 5) is 11.7. The Labute approximate surface area is 117 Å². The van der Waals surface area contributed by atoms with Gasteiger partial charge in [0, 0.05) is 10.2 Å². The zero-order chi connectivity index (χ0) is 13.4. The third-order valence-electron chi connectivity index (χ3n) is 2.71. The van der Waals surface area contributed by atoms with Crippen molar-refractivity contribution < 1.29 is 4.79 Å². The molecule has 0 spiro atoms. The van der Waals surface area contributed by atoms with Crippen molar-refractivity contribution in [1.29, 1.82) is 0 Å². The zero-order valence-electron chi connectivity index (χ0n) is 11.1. The maximum Gasteiger partial charge on any atom is 0.238 e. The number of hydrogen-bond acceptors (Lipinski definition) is 2. The first-order valence-electron chi connectivity index (χ1n) is 6.40. The molecule has 0 aliphatic rings. The van der Waals surface area contributed by atoms with Crippen LogP contribution in [0.4, 0.5) is 5.69 Å². The van der Waals surface area contributed by atoms with Crippen molar-refractivity contribution in [2.24, 2.45) is 0 Å². The van der Waals surface area contributed by atoms with E-state index in [1.165, 1.54) is 12.8 Å². The van der Waals surface area contributed by atoms with E-state index in [2.05, 4.69) is 33.5 Å². The minimum atomic E-state index is 0.0110. The first kappa shape index (κ1) is 15.2. The molecule has 0 heterocycles. The number of carbonyl (C=O) groups is 1. The molecule has 1 aromatic rings. The van der Waals surface area contributed by atoms with E-state index in [4.69, 9.17) is 0 Å². The molecule has 2 N–H and O–H groups in total. The molecule has 0 bridgehead atoms. The van der Waals surface area contributed by atoms with Crippen molar-refractivity contribution in [2.75, 3.05) is 18.4 Å². The number of anilines is 1. The van der Waals surface area contributed by atoms with Gasteiger partial charge in [-0.1, -0.05) is 35.7 Å². The molecule has 0 fully saturated rings. The fraction of sp³-hybridized carbons (Fsp3) is 0.500. The van der Waals surface area contributed by atoms with Crippen LogP contribution in [0.25, 0.3) is 0 Å². The first-order chi connectivity index (χ1) is 8.63. The molecule has 0 unspecified atom stereocenters. The lowest BCUT2D eigenvalue weighted by molar-refractivity contribution is -0.115. The molecule has 0 aromatic heterocycles. The maximum absolute atomic E-state index is 11.7. The Bertz CT molecular complexity index is 393. The van der Waals surface area contributed by atoms with Gasteiger partial charge in [-0.15, -0.1) is 0 Å². The normalized spacial score (nSPS) is 10.4. The van der Waals surface area contributed by atoms with Crippen LogP contribution >= 0.6 is 15.9 Å². The number of hydrogen-bond donors (Lipinski definition) is 2. The van der Waals surface area contributed by atoms with Crippen molar-refractivity contribution in [3.63, 3.8) is 0 Å². The molecule has 1 aromatic carbocycles. The van der Waals surface area contributed by atoms with Gasteiger partial charge in [0.05, 0.1) is 6.54 Å². The Kier molecular flexibility index (Phi) is 6.98. The van der Waals surface area contributed by atoms with Crippen LogP contribution in [-0.4, -0.2) is 19.0 Å². The van der Waals surface area contributed by atoms with Crippen LogP contribution in [0.2, 0.25) is 0 Å². The lowest BCUT2D eigenvalue weighted by Crippen LogP contribution is -2.28. The summed E-state index contributed by atoms with van der Waals surface area (Å²) in [6.07, 6.45) is 3.54. The van der Waals surface area contributed by atoms with Gasteiger partial charge in [0.2, 0.25) is 5.91 Å². The van der Waals surface area contributed by atoms with Gasteiger partial charge in [0.1, 0.15) is 0 Å². The van der Waals surface area contributed by atoms with Gasteiger partial charge < -0.3 is 10.6 Å². The summed E-state index contributed by atoms with van der Waals surface area (Å²) < 4.78 is 1.02. The van der Waals surface area contributed by atoms with E-state index in [0.29, 0.717) is 6.54 Å². The average Bonchev–Trinajstić information content (AvgIpc) is 2.32. The quantitative estimate of drug-likeness (QED) is 0.757. The molecule has 0 radical (unpaired) electrons. The molecule has 100 valence electrons. The van der Waals surface area contributed by atoms with Gasteiger partial charge >= 0.3 is 0 Å². The highest BCUT2D eigenvalue weighted by atomic mass is 79.9. The van der Waals surface area contributed by atoms with E-state index in [9.17, 15) is 4.79 Å². The molecule has 1 rings (SSSR count). The van der Waals surface area contributed by atoms with Gasteiger partial charge in [0.15, 0.2) is 0 Å². The van der Waals surface area contributed by atoms with E-state index < -0.39 is 0 Å². The first-order valence-corrected chi connectivity index (χ1v) is 7.19. The third kappa shape index (κ3) is 5.65. The predicted molar refractivity (Wildman–Crippen MR) is 79.9 cm³/mol. The van der Waals surface area contributed by atoms with Crippen molar-refractivity contribution in [2.45, 2.75) is 33.1 Å². The molecular weight excluding hydrogens is 292 g/mol. The Hall–Kier alpha value is -0.870. The Morgan fingerprint density at radius 3 is 2.78 bits per heavy atom. The predicted octanol–water partition coefficient (Wildman–Crippen LogP) is 3.48. The molecule has 0 saturated heterocycles. The van der Waals surface area contributed by atoms with Crippen LogP contribution in [-0.2, 0) is 4.79 Å². The Morgan fingerprint density at radius 2 is 2.11 bits per heavy atom. The summed E-state index contributed by atoms with van der Waals surface area (Å²) in [5.41, 5.74) is 1.93. The van der Waals surface area contributed by atoms with Crippen molar-refractivity contribution in [3.05, 3.63) is 28.2 Å². The molecule has 1 amide bonds. The summed E-state index contributed by atoms with van der Waals surface area (Å²) in [6.45, 7) is 5.43. The van der Waals surface area contributed by atoms with E-state index in [1.807, 2.05) is 25.1 Å². The standard InChI is InChI=1S/C14H21BrN2O/c1-3-4-5-8-16-10-14(18)17-13-7-6-12(15)9-11(13)2/h6-7,9,16H,3-5,8,10H2,1-2H3,(H,17,18). The number of rotatable bonds is 7. The number of aryl methyl sites for hydroxylation is 1. The van der Waals surface area contributed by atoms with Crippen LogP contribution < -0.4 is 10.6 Å². The van der Waals surface area contributed by atoms with Crippen molar-refractivity contribution in [1.82, 2.24) is 5.32 Å². The summed E-state index contributed by atoms with van der Waals surface area (Å²) in [5.74, 6) is 0.0110. The van der Waals surface area contributed by atoms with Crippen molar-refractivity contribution in [3.8, 4) is 0 Å². The molecule has 0 aliphatic heterocycles. The number of benzene rings is 1. The minimum absolute atomic E-state index is 0.0110.